The molecular weight excluding hydrogens is 395 g/mol. The summed E-state index contributed by atoms with van der Waals surface area (Å²) in [7, 11) is 0. The first kappa shape index (κ1) is 16.5. The molecule has 3 N–H and O–H groups in total. The van der Waals surface area contributed by atoms with Gasteiger partial charge < -0.3 is 15.4 Å². The van der Waals surface area contributed by atoms with E-state index in [0.717, 1.165) is 18.3 Å². The SMILES string of the molecule is CC1CN=C(NCc2n[nH]c(COc3ccccc3)n2)N1.I. The maximum Gasteiger partial charge on any atom is 0.191 e. The van der Waals surface area contributed by atoms with Gasteiger partial charge in [0.05, 0.1) is 13.1 Å². The zero-order valence-corrected chi connectivity index (χ0v) is 14.6. The Kier molecular flexibility index (Phi) is 5.99. The molecule has 2 heterocycles. The number of aromatic nitrogens is 3. The van der Waals surface area contributed by atoms with Gasteiger partial charge in [-0.25, -0.2) is 4.98 Å². The molecule has 1 aromatic carbocycles. The first-order valence-corrected chi connectivity index (χ1v) is 6.92. The summed E-state index contributed by atoms with van der Waals surface area (Å²) in [5.41, 5.74) is 0. The van der Waals surface area contributed by atoms with Crippen LogP contribution in [0, 0.1) is 0 Å². The number of benzene rings is 1. The molecule has 1 aliphatic rings. The Balaban J connectivity index is 0.00000176. The van der Waals surface area contributed by atoms with Crippen molar-refractivity contribution >= 4 is 29.9 Å². The van der Waals surface area contributed by atoms with Crippen LogP contribution in [0.25, 0.3) is 0 Å². The molecule has 1 aromatic heterocycles. The van der Waals surface area contributed by atoms with Gasteiger partial charge in [-0.15, -0.1) is 24.0 Å². The highest BCUT2D eigenvalue weighted by Gasteiger charge is 2.12. The van der Waals surface area contributed by atoms with Gasteiger partial charge in [0.25, 0.3) is 0 Å². The van der Waals surface area contributed by atoms with Crippen LogP contribution in [0.5, 0.6) is 5.75 Å². The predicted molar refractivity (Wildman–Crippen MR) is 94.3 cm³/mol. The Bertz CT molecular complexity index is 615. The van der Waals surface area contributed by atoms with Crippen LogP contribution >= 0.6 is 24.0 Å². The molecule has 0 bridgehead atoms. The third-order valence-corrected chi connectivity index (χ3v) is 3.02. The Hall–Kier alpha value is -1.84. The molecule has 1 atom stereocenters. The molecule has 22 heavy (non-hydrogen) atoms. The van der Waals surface area contributed by atoms with Crippen molar-refractivity contribution in [2.75, 3.05) is 6.54 Å². The number of hydrogen-bond donors (Lipinski definition) is 3. The quantitative estimate of drug-likeness (QED) is 0.645. The molecular formula is C14H19IN6O. The number of para-hydroxylation sites is 1. The second-order valence-electron chi connectivity index (χ2n) is 4.89. The summed E-state index contributed by atoms with van der Waals surface area (Å²) in [6.07, 6.45) is 0. The second kappa shape index (κ2) is 7.97. The number of nitrogens with one attached hydrogen (secondary N) is 3. The number of aliphatic imine (C=N–C) groups is 1. The van der Waals surface area contributed by atoms with Gasteiger partial charge in [-0.05, 0) is 19.1 Å². The zero-order valence-electron chi connectivity index (χ0n) is 12.2. The molecule has 7 nitrogen and oxygen atoms in total. The standard InChI is InChI=1S/C14H18N6O.HI/c1-10-7-15-14(17-10)16-8-12-18-13(20-19-12)9-21-11-5-3-2-4-6-11;/h2-6,10H,7-9H2,1H3,(H2,15,16,17)(H,18,19,20);1H. The molecule has 0 aliphatic carbocycles. The molecule has 8 heteroatoms. The Labute approximate surface area is 146 Å². The fourth-order valence-corrected chi connectivity index (χ4v) is 1.97. The van der Waals surface area contributed by atoms with Crippen molar-refractivity contribution in [1.82, 2.24) is 25.8 Å². The second-order valence-corrected chi connectivity index (χ2v) is 4.89. The largest absolute Gasteiger partial charge is 0.486 e. The molecule has 2 aromatic rings. The third-order valence-electron chi connectivity index (χ3n) is 3.02. The number of rotatable bonds is 5. The number of ether oxygens (including phenoxy) is 1. The highest BCUT2D eigenvalue weighted by molar-refractivity contribution is 14.0. The Morgan fingerprint density at radius 1 is 1.32 bits per heavy atom. The number of halogens is 1. The summed E-state index contributed by atoms with van der Waals surface area (Å²) in [5.74, 6) is 3.00. The average molecular weight is 414 g/mol. The van der Waals surface area contributed by atoms with E-state index in [1.54, 1.807) is 0 Å². The summed E-state index contributed by atoms with van der Waals surface area (Å²) >= 11 is 0. The van der Waals surface area contributed by atoms with E-state index in [9.17, 15) is 0 Å². The number of H-pyrrole nitrogens is 1. The monoisotopic (exact) mass is 414 g/mol. The summed E-state index contributed by atoms with van der Waals surface area (Å²) in [6.45, 7) is 3.78. The van der Waals surface area contributed by atoms with Crippen LogP contribution in [0.2, 0.25) is 0 Å². The van der Waals surface area contributed by atoms with Gasteiger partial charge in [-0.2, -0.15) is 5.10 Å². The van der Waals surface area contributed by atoms with E-state index >= 15 is 0 Å². The van der Waals surface area contributed by atoms with Gasteiger partial charge in [0.1, 0.15) is 12.4 Å². The molecule has 118 valence electrons. The van der Waals surface area contributed by atoms with Gasteiger partial charge in [-0.3, -0.25) is 10.1 Å². The molecule has 3 rings (SSSR count). The molecule has 0 amide bonds. The van der Waals surface area contributed by atoms with Crippen LogP contribution < -0.4 is 15.4 Å². The van der Waals surface area contributed by atoms with E-state index in [1.165, 1.54) is 0 Å². The highest BCUT2D eigenvalue weighted by atomic mass is 127. The highest BCUT2D eigenvalue weighted by Crippen LogP contribution is 2.09. The molecule has 1 aliphatic heterocycles. The van der Waals surface area contributed by atoms with Crippen molar-refractivity contribution in [3.8, 4) is 5.75 Å². The van der Waals surface area contributed by atoms with Gasteiger partial charge in [0, 0.05) is 6.04 Å². The normalized spacial score (nSPS) is 16.4. The van der Waals surface area contributed by atoms with Crippen molar-refractivity contribution in [1.29, 1.82) is 0 Å². The Morgan fingerprint density at radius 3 is 2.86 bits per heavy atom. The average Bonchev–Trinajstić information content (AvgIpc) is 3.13. The van der Waals surface area contributed by atoms with E-state index < -0.39 is 0 Å². The smallest absolute Gasteiger partial charge is 0.191 e. The van der Waals surface area contributed by atoms with Crippen LogP contribution in [0.15, 0.2) is 35.3 Å². The summed E-state index contributed by atoms with van der Waals surface area (Å²) in [5, 5.41) is 13.4. The van der Waals surface area contributed by atoms with Gasteiger partial charge >= 0.3 is 0 Å². The zero-order chi connectivity index (χ0) is 14.5. The van der Waals surface area contributed by atoms with Crippen LogP contribution in [0.1, 0.15) is 18.6 Å². The van der Waals surface area contributed by atoms with Crippen molar-refractivity contribution in [2.24, 2.45) is 4.99 Å². The van der Waals surface area contributed by atoms with E-state index in [0.29, 0.717) is 30.8 Å². The lowest BCUT2D eigenvalue weighted by atomic mass is 10.3. The number of hydrogen-bond acceptors (Lipinski definition) is 6. The lowest BCUT2D eigenvalue weighted by molar-refractivity contribution is 0.296. The third kappa shape index (κ3) is 4.58. The van der Waals surface area contributed by atoms with E-state index in [4.69, 9.17) is 4.74 Å². The summed E-state index contributed by atoms with van der Waals surface area (Å²) in [6, 6.07) is 10.0. The van der Waals surface area contributed by atoms with Crippen LogP contribution in [-0.4, -0.2) is 33.7 Å². The van der Waals surface area contributed by atoms with Crippen molar-refractivity contribution < 1.29 is 4.74 Å². The predicted octanol–water partition coefficient (Wildman–Crippen LogP) is 1.44. The van der Waals surface area contributed by atoms with Crippen molar-refractivity contribution in [3.63, 3.8) is 0 Å². The maximum absolute atomic E-state index is 5.61. The molecule has 0 radical (unpaired) electrons. The first-order valence-electron chi connectivity index (χ1n) is 6.92. The van der Waals surface area contributed by atoms with Crippen molar-refractivity contribution in [3.05, 3.63) is 42.0 Å². The van der Waals surface area contributed by atoms with Crippen molar-refractivity contribution in [2.45, 2.75) is 26.1 Å². The van der Waals surface area contributed by atoms with Gasteiger partial charge in [-0.1, -0.05) is 18.2 Å². The molecule has 0 saturated heterocycles. The van der Waals surface area contributed by atoms with E-state index in [-0.39, 0.29) is 24.0 Å². The fourth-order valence-electron chi connectivity index (χ4n) is 1.97. The molecule has 1 unspecified atom stereocenters. The topological polar surface area (TPSA) is 87.2 Å². The lowest BCUT2D eigenvalue weighted by Crippen LogP contribution is -2.37. The first-order chi connectivity index (χ1) is 10.3. The number of aromatic amines is 1. The minimum Gasteiger partial charge on any atom is -0.486 e. The van der Waals surface area contributed by atoms with E-state index in [2.05, 4.69) is 37.7 Å². The molecule has 0 saturated carbocycles. The van der Waals surface area contributed by atoms with Crippen LogP contribution in [0.4, 0.5) is 0 Å². The maximum atomic E-state index is 5.61. The summed E-state index contributed by atoms with van der Waals surface area (Å²) < 4.78 is 5.61. The minimum absolute atomic E-state index is 0. The number of nitrogens with zero attached hydrogens (tertiary/aromatic N) is 3. The molecule has 0 fully saturated rings. The minimum atomic E-state index is 0. The Morgan fingerprint density at radius 2 is 2.14 bits per heavy atom. The van der Waals surface area contributed by atoms with Crippen LogP contribution in [0.3, 0.4) is 0 Å². The van der Waals surface area contributed by atoms with Gasteiger partial charge in [0.15, 0.2) is 17.6 Å². The van der Waals surface area contributed by atoms with E-state index in [1.807, 2.05) is 30.3 Å². The lowest BCUT2D eigenvalue weighted by Gasteiger charge is -2.06. The summed E-state index contributed by atoms with van der Waals surface area (Å²) in [4.78, 5) is 8.69. The fraction of sp³-hybridized carbons (Fsp3) is 0.357. The number of guanidine groups is 1. The van der Waals surface area contributed by atoms with Crippen LogP contribution in [-0.2, 0) is 13.2 Å². The molecule has 0 spiro atoms. The van der Waals surface area contributed by atoms with Gasteiger partial charge in [0.2, 0.25) is 0 Å².